The van der Waals surface area contributed by atoms with Crippen molar-refractivity contribution < 1.29 is 18.4 Å². The molecule has 1 aliphatic rings. The van der Waals surface area contributed by atoms with Crippen LogP contribution in [0, 0.1) is 17.0 Å². The summed E-state index contributed by atoms with van der Waals surface area (Å²) >= 11 is 0. The van der Waals surface area contributed by atoms with Gasteiger partial charge < -0.3 is 20.5 Å². The second-order valence-corrected chi connectivity index (χ2v) is 11.1. The Morgan fingerprint density at radius 3 is 2.70 bits per heavy atom. The molecule has 0 spiro atoms. The summed E-state index contributed by atoms with van der Waals surface area (Å²) in [6.45, 7) is 13.5. The molecule has 2 amide bonds. The number of H-pyrrole nitrogens is 1. The number of hydrogen-bond acceptors (Lipinski definition) is 4. The van der Waals surface area contributed by atoms with Gasteiger partial charge in [-0.15, -0.1) is 0 Å². The summed E-state index contributed by atoms with van der Waals surface area (Å²) in [4.78, 5) is 35.3. The summed E-state index contributed by atoms with van der Waals surface area (Å²) in [5.41, 5.74) is 1.39. The number of carbonyl (C=O) groups is 2. The van der Waals surface area contributed by atoms with E-state index in [1.165, 1.54) is 24.8 Å². The number of likely N-dealkylation sites (tertiary alicyclic amines) is 1. The predicted molar refractivity (Wildman–Crippen MR) is 140 cm³/mol. The maximum Gasteiger partial charge on any atom is 0.243 e. The van der Waals surface area contributed by atoms with Crippen LogP contribution in [0.15, 0.2) is 36.7 Å². The molecule has 1 saturated heterocycles. The van der Waals surface area contributed by atoms with Gasteiger partial charge in [0.15, 0.2) is 0 Å². The highest BCUT2D eigenvalue weighted by Gasteiger charge is 2.27. The first-order valence-corrected chi connectivity index (χ1v) is 12.9. The molecular formula is C28H39F2N5O2. The number of piperidine rings is 1. The fraction of sp³-hybridized carbons (Fsp3) is 0.536. The van der Waals surface area contributed by atoms with Gasteiger partial charge >= 0.3 is 0 Å². The third-order valence-electron chi connectivity index (χ3n) is 6.68. The molecule has 7 nitrogen and oxygen atoms in total. The summed E-state index contributed by atoms with van der Waals surface area (Å²) in [6.07, 6.45) is 6.09. The number of aromatic amines is 1. The van der Waals surface area contributed by atoms with Crippen LogP contribution in [0.2, 0.25) is 0 Å². The minimum Gasteiger partial charge on any atom is -0.373 e. The summed E-state index contributed by atoms with van der Waals surface area (Å²) in [5.74, 6) is -1.48. The molecule has 37 heavy (non-hydrogen) atoms. The third kappa shape index (κ3) is 8.40. The van der Waals surface area contributed by atoms with Gasteiger partial charge in [0, 0.05) is 42.8 Å². The van der Waals surface area contributed by atoms with Gasteiger partial charge in [-0.25, -0.2) is 13.8 Å². The van der Waals surface area contributed by atoms with E-state index in [4.69, 9.17) is 0 Å². The topological polar surface area (TPSA) is 90.1 Å². The largest absolute Gasteiger partial charge is 0.373 e. The highest BCUT2D eigenvalue weighted by atomic mass is 19.1. The van der Waals surface area contributed by atoms with Gasteiger partial charge in [0.2, 0.25) is 11.8 Å². The number of carbonyl (C=O) groups excluding carboxylic acids is 2. The van der Waals surface area contributed by atoms with E-state index in [2.05, 4.69) is 59.8 Å². The fourth-order valence-electron chi connectivity index (χ4n) is 4.48. The molecule has 1 fully saturated rings. The number of hydrogen-bond donors (Lipinski definition) is 3. The van der Waals surface area contributed by atoms with E-state index in [0.29, 0.717) is 36.8 Å². The average Bonchev–Trinajstić information content (AvgIpc) is 3.29. The second kappa shape index (κ2) is 12.3. The van der Waals surface area contributed by atoms with Crippen molar-refractivity contribution in [2.24, 2.45) is 5.41 Å². The van der Waals surface area contributed by atoms with Crippen LogP contribution in [0.4, 0.5) is 8.78 Å². The van der Waals surface area contributed by atoms with Gasteiger partial charge in [-0.1, -0.05) is 27.4 Å². The Kier molecular flexibility index (Phi) is 9.45. The van der Waals surface area contributed by atoms with Gasteiger partial charge in [0.25, 0.3) is 0 Å². The highest BCUT2D eigenvalue weighted by molar-refractivity contribution is 5.87. The monoisotopic (exact) mass is 515 g/mol. The number of aromatic nitrogens is 2. The normalized spacial score (nSPS) is 16.8. The van der Waals surface area contributed by atoms with Crippen molar-refractivity contribution in [3.63, 3.8) is 0 Å². The minimum atomic E-state index is -0.780. The molecule has 2 atom stereocenters. The number of halogens is 2. The van der Waals surface area contributed by atoms with E-state index >= 15 is 0 Å². The molecule has 9 heteroatoms. The van der Waals surface area contributed by atoms with Crippen molar-refractivity contribution in [2.45, 2.75) is 84.8 Å². The van der Waals surface area contributed by atoms with E-state index in [-0.39, 0.29) is 29.3 Å². The number of amides is 2. The highest BCUT2D eigenvalue weighted by Crippen LogP contribution is 2.24. The first-order chi connectivity index (χ1) is 17.4. The molecule has 0 saturated carbocycles. The summed E-state index contributed by atoms with van der Waals surface area (Å²) in [7, 11) is 0. The molecule has 0 radical (unpaired) electrons. The van der Waals surface area contributed by atoms with Gasteiger partial charge in [0.05, 0.1) is 18.4 Å². The molecular weight excluding hydrogens is 476 g/mol. The zero-order valence-electron chi connectivity index (χ0n) is 22.3. The quantitative estimate of drug-likeness (QED) is 0.413. The van der Waals surface area contributed by atoms with E-state index in [0.717, 1.165) is 31.1 Å². The number of rotatable bonds is 10. The molecule has 1 aliphatic heterocycles. The van der Waals surface area contributed by atoms with E-state index < -0.39 is 17.7 Å². The number of imidazole rings is 1. The molecule has 0 aliphatic carbocycles. The maximum absolute atomic E-state index is 14.1. The van der Waals surface area contributed by atoms with Crippen LogP contribution >= 0.6 is 0 Å². The van der Waals surface area contributed by atoms with Crippen LogP contribution in [0.5, 0.6) is 0 Å². The second-order valence-electron chi connectivity index (χ2n) is 11.1. The Morgan fingerprint density at radius 2 is 2.03 bits per heavy atom. The van der Waals surface area contributed by atoms with Crippen LogP contribution in [0.1, 0.15) is 72.0 Å². The first-order valence-electron chi connectivity index (χ1n) is 12.9. The summed E-state index contributed by atoms with van der Waals surface area (Å²) in [6, 6.07) is 2.87. The Bertz CT molecular complexity index is 1110. The number of nitrogens with one attached hydrogen (secondary N) is 3. The first kappa shape index (κ1) is 28.3. The van der Waals surface area contributed by atoms with Crippen LogP contribution in [0.25, 0.3) is 11.3 Å². The summed E-state index contributed by atoms with van der Waals surface area (Å²) in [5, 5.41) is 5.72. The maximum atomic E-state index is 14.1. The molecule has 2 aromatic rings. The van der Waals surface area contributed by atoms with Crippen LogP contribution in [-0.4, -0.2) is 45.3 Å². The minimum absolute atomic E-state index is 0.00289. The van der Waals surface area contributed by atoms with Gasteiger partial charge in [-0.05, 0) is 50.2 Å². The van der Waals surface area contributed by atoms with Gasteiger partial charge in [-0.2, -0.15) is 0 Å². The standard InChI is InChI=1S/C28H39F2N5O2/c1-18-8-6-7-13-35(18)19(2)14-23(34-26(36)11-12-28(3,4)5)27(37)32-17-25-31-16-24(33-25)21-10-9-20(29)15-22(21)30/h9-10,15-16,18,23H,2,6-8,11-14,17H2,1,3-5H3,(H,31,33)(H,32,37)(H,34,36)/t18-,23-/m0/s1. The SMILES string of the molecule is C=C(C[C@H](NC(=O)CCC(C)(C)C)C(=O)NCc1ncc(-c2ccc(F)cc2F)[nH]1)N1CCCC[C@@H]1C. The molecule has 1 aromatic carbocycles. The van der Waals surface area contributed by atoms with Crippen LogP contribution in [-0.2, 0) is 16.1 Å². The predicted octanol–water partition coefficient (Wildman–Crippen LogP) is 5.06. The van der Waals surface area contributed by atoms with Crippen molar-refractivity contribution in [1.82, 2.24) is 25.5 Å². The van der Waals surface area contributed by atoms with Crippen LogP contribution in [0.3, 0.4) is 0 Å². The molecule has 3 N–H and O–H groups in total. The number of nitrogens with zero attached hydrogens (tertiary/aromatic N) is 2. The fourth-order valence-corrected chi connectivity index (χ4v) is 4.48. The average molecular weight is 516 g/mol. The Balaban J connectivity index is 1.66. The molecule has 2 heterocycles. The van der Waals surface area contributed by atoms with Crippen LogP contribution < -0.4 is 10.6 Å². The van der Waals surface area contributed by atoms with E-state index in [1.54, 1.807) is 0 Å². The third-order valence-corrected chi connectivity index (χ3v) is 6.68. The molecule has 0 bridgehead atoms. The lowest BCUT2D eigenvalue weighted by atomic mass is 9.90. The number of benzene rings is 1. The van der Waals surface area contributed by atoms with Crippen molar-refractivity contribution in [2.75, 3.05) is 6.54 Å². The smallest absolute Gasteiger partial charge is 0.243 e. The molecule has 1 aromatic heterocycles. The molecule has 202 valence electrons. The van der Waals surface area contributed by atoms with Crippen molar-refractivity contribution in [3.05, 3.63) is 54.1 Å². The summed E-state index contributed by atoms with van der Waals surface area (Å²) < 4.78 is 27.3. The van der Waals surface area contributed by atoms with E-state index in [1.807, 2.05) is 0 Å². The Morgan fingerprint density at radius 1 is 1.27 bits per heavy atom. The lowest BCUT2D eigenvalue weighted by Gasteiger charge is -2.37. The zero-order valence-corrected chi connectivity index (χ0v) is 22.3. The van der Waals surface area contributed by atoms with Gasteiger partial charge in [-0.3, -0.25) is 9.59 Å². The van der Waals surface area contributed by atoms with Crippen molar-refractivity contribution >= 4 is 11.8 Å². The van der Waals surface area contributed by atoms with Gasteiger partial charge in [0.1, 0.15) is 23.5 Å². The Labute approximate surface area is 218 Å². The lowest BCUT2D eigenvalue weighted by molar-refractivity contribution is -0.129. The van der Waals surface area contributed by atoms with Crippen molar-refractivity contribution in [3.8, 4) is 11.3 Å². The van der Waals surface area contributed by atoms with Crippen molar-refractivity contribution in [1.29, 1.82) is 0 Å². The molecule has 3 rings (SSSR count). The van der Waals surface area contributed by atoms with E-state index in [9.17, 15) is 18.4 Å². The molecule has 0 unspecified atom stereocenters. The lowest BCUT2D eigenvalue weighted by Crippen LogP contribution is -2.48. The zero-order chi connectivity index (χ0) is 27.2. The Hall–Kier alpha value is -3.23.